The largest absolute Gasteiger partial charge is 0.484 e. The highest BCUT2D eigenvalue weighted by Gasteiger charge is 2.28. The number of anilines is 2. The maximum Gasteiger partial charge on any atom is 0.262 e. The number of nitrogens with zero attached hydrogens (tertiary/aromatic N) is 1. The highest BCUT2D eigenvalue weighted by atomic mass is 32.2. The SMILES string of the molecule is Cc1c(-c2ccc(C(N)=O)c3[nH]cc(NC(=O)COc4ccc(F)cc4)c23)cccc1N1C=CSC1C(N)=O. The molecule has 11 heteroatoms. The molecule has 1 aliphatic heterocycles. The van der Waals surface area contributed by atoms with E-state index in [9.17, 15) is 18.8 Å². The minimum atomic E-state index is -0.625. The van der Waals surface area contributed by atoms with E-state index < -0.39 is 28.9 Å². The molecule has 0 bridgehead atoms. The Hall–Kier alpha value is -4.77. The first-order chi connectivity index (χ1) is 18.7. The van der Waals surface area contributed by atoms with Crippen LogP contribution in [-0.2, 0) is 9.59 Å². The third kappa shape index (κ3) is 5.04. The van der Waals surface area contributed by atoms with Gasteiger partial charge in [-0.1, -0.05) is 30.0 Å². The minimum absolute atomic E-state index is 0.262. The number of aromatic amines is 1. The van der Waals surface area contributed by atoms with Gasteiger partial charge in [-0.15, -0.1) is 0 Å². The predicted molar refractivity (Wildman–Crippen MR) is 150 cm³/mol. The van der Waals surface area contributed by atoms with E-state index in [1.807, 2.05) is 35.4 Å². The molecular formula is C28H24FN5O4S. The third-order valence-corrected chi connectivity index (χ3v) is 7.35. The van der Waals surface area contributed by atoms with Gasteiger partial charge in [0.2, 0.25) is 0 Å². The zero-order valence-corrected chi connectivity index (χ0v) is 21.6. The molecule has 1 aliphatic rings. The molecule has 3 amide bonds. The maximum absolute atomic E-state index is 13.1. The van der Waals surface area contributed by atoms with Crippen molar-refractivity contribution in [3.8, 4) is 16.9 Å². The van der Waals surface area contributed by atoms with E-state index >= 15 is 0 Å². The van der Waals surface area contributed by atoms with Gasteiger partial charge in [0.25, 0.3) is 17.7 Å². The van der Waals surface area contributed by atoms with E-state index in [0.717, 1.165) is 22.4 Å². The van der Waals surface area contributed by atoms with Gasteiger partial charge in [0.05, 0.1) is 16.8 Å². The van der Waals surface area contributed by atoms with Crippen molar-refractivity contribution in [2.45, 2.75) is 12.3 Å². The fourth-order valence-electron chi connectivity index (χ4n) is 4.57. The summed E-state index contributed by atoms with van der Waals surface area (Å²) >= 11 is 1.32. The lowest BCUT2D eigenvalue weighted by Gasteiger charge is -2.25. The zero-order chi connectivity index (χ0) is 27.7. The molecule has 0 aliphatic carbocycles. The molecule has 0 saturated heterocycles. The molecular weight excluding hydrogens is 521 g/mol. The number of amides is 3. The fourth-order valence-corrected chi connectivity index (χ4v) is 5.37. The smallest absolute Gasteiger partial charge is 0.262 e. The summed E-state index contributed by atoms with van der Waals surface area (Å²) in [5.74, 6) is -1.60. The van der Waals surface area contributed by atoms with Crippen molar-refractivity contribution in [2.24, 2.45) is 11.5 Å². The number of carbonyl (C=O) groups is 3. The Labute approximate surface area is 227 Å². The summed E-state index contributed by atoms with van der Waals surface area (Å²) in [5.41, 5.74) is 15.6. The van der Waals surface area contributed by atoms with E-state index in [1.54, 1.807) is 24.5 Å². The molecule has 6 N–H and O–H groups in total. The number of rotatable bonds is 8. The average Bonchev–Trinajstić information content (AvgIpc) is 3.56. The van der Waals surface area contributed by atoms with Crippen LogP contribution < -0.4 is 26.4 Å². The molecule has 9 nitrogen and oxygen atoms in total. The van der Waals surface area contributed by atoms with E-state index in [1.165, 1.54) is 36.0 Å². The Kier molecular flexibility index (Phi) is 6.99. The number of primary amides is 2. The molecule has 1 aromatic heterocycles. The number of carbonyl (C=O) groups excluding carboxylic acids is 3. The van der Waals surface area contributed by atoms with Crippen molar-refractivity contribution >= 4 is 51.8 Å². The first-order valence-corrected chi connectivity index (χ1v) is 12.8. The summed E-state index contributed by atoms with van der Waals surface area (Å²) in [6.45, 7) is 1.61. The summed E-state index contributed by atoms with van der Waals surface area (Å²) in [4.78, 5) is 41.8. The molecule has 5 rings (SSSR count). The van der Waals surface area contributed by atoms with Crippen LogP contribution in [0.4, 0.5) is 15.8 Å². The second-order valence-corrected chi connectivity index (χ2v) is 9.79. The molecule has 4 aromatic rings. The highest BCUT2D eigenvalue weighted by molar-refractivity contribution is 8.03. The molecule has 1 unspecified atom stereocenters. The fraction of sp³-hybridized carbons (Fsp3) is 0.107. The number of thioether (sulfide) groups is 1. The van der Waals surface area contributed by atoms with E-state index in [2.05, 4.69) is 10.3 Å². The van der Waals surface area contributed by atoms with Crippen LogP contribution in [0, 0.1) is 12.7 Å². The van der Waals surface area contributed by atoms with Gasteiger partial charge in [-0.3, -0.25) is 14.4 Å². The number of fused-ring (bicyclic) bond motifs is 1. The first-order valence-electron chi connectivity index (χ1n) is 11.9. The Bertz CT molecular complexity index is 1630. The van der Waals surface area contributed by atoms with Gasteiger partial charge in [0.15, 0.2) is 12.0 Å². The minimum Gasteiger partial charge on any atom is -0.484 e. The highest BCUT2D eigenvalue weighted by Crippen LogP contribution is 2.41. The van der Waals surface area contributed by atoms with Crippen molar-refractivity contribution in [3.63, 3.8) is 0 Å². The van der Waals surface area contributed by atoms with Gasteiger partial charge >= 0.3 is 0 Å². The number of hydrogen-bond acceptors (Lipinski definition) is 6. The second-order valence-electron chi connectivity index (χ2n) is 8.80. The monoisotopic (exact) mass is 545 g/mol. The van der Waals surface area contributed by atoms with Crippen molar-refractivity contribution in [3.05, 3.63) is 89.3 Å². The topological polar surface area (TPSA) is 144 Å². The average molecular weight is 546 g/mol. The molecule has 1 atom stereocenters. The quantitative estimate of drug-likeness (QED) is 0.261. The van der Waals surface area contributed by atoms with Gasteiger partial charge in [-0.2, -0.15) is 0 Å². The van der Waals surface area contributed by atoms with Crippen molar-refractivity contribution in [1.82, 2.24) is 4.98 Å². The van der Waals surface area contributed by atoms with E-state index in [4.69, 9.17) is 16.2 Å². The maximum atomic E-state index is 13.1. The van der Waals surface area contributed by atoms with Gasteiger partial charge in [0.1, 0.15) is 11.6 Å². The summed E-state index contributed by atoms with van der Waals surface area (Å²) in [7, 11) is 0. The van der Waals surface area contributed by atoms with Crippen LogP contribution in [0.25, 0.3) is 22.0 Å². The van der Waals surface area contributed by atoms with Gasteiger partial charge in [0, 0.05) is 23.5 Å². The number of halogens is 1. The van der Waals surface area contributed by atoms with Crippen LogP contribution in [0.15, 0.2) is 72.4 Å². The Morgan fingerprint density at radius 2 is 1.85 bits per heavy atom. The van der Waals surface area contributed by atoms with Gasteiger partial charge < -0.3 is 31.4 Å². The first kappa shape index (κ1) is 25.9. The summed E-state index contributed by atoms with van der Waals surface area (Å²) in [6, 6.07) is 14.4. The summed E-state index contributed by atoms with van der Waals surface area (Å²) < 4.78 is 18.6. The normalized spacial score (nSPS) is 14.5. The van der Waals surface area contributed by atoms with Crippen molar-refractivity contribution in [2.75, 3.05) is 16.8 Å². The van der Waals surface area contributed by atoms with Gasteiger partial charge in [-0.05, 0) is 65.4 Å². The van der Waals surface area contributed by atoms with Crippen molar-refractivity contribution in [1.29, 1.82) is 0 Å². The number of hydrogen-bond donors (Lipinski definition) is 4. The molecule has 0 saturated carbocycles. The molecule has 39 heavy (non-hydrogen) atoms. The third-order valence-electron chi connectivity index (χ3n) is 6.36. The van der Waals surface area contributed by atoms with Crippen LogP contribution in [0.5, 0.6) is 5.75 Å². The van der Waals surface area contributed by atoms with E-state index in [-0.39, 0.29) is 12.2 Å². The Morgan fingerprint density at radius 1 is 1.08 bits per heavy atom. The van der Waals surface area contributed by atoms with E-state index in [0.29, 0.717) is 22.3 Å². The zero-order valence-electron chi connectivity index (χ0n) is 20.7. The van der Waals surface area contributed by atoms with Crippen LogP contribution in [-0.4, -0.2) is 34.7 Å². The molecule has 0 radical (unpaired) electrons. The number of nitrogens with one attached hydrogen (secondary N) is 2. The Balaban J connectivity index is 1.53. The number of aromatic nitrogens is 1. The van der Waals surface area contributed by atoms with Gasteiger partial charge in [-0.25, -0.2) is 4.39 Å². The standard InChI is InChI=1S/C28H24FN5O4S/c1-15-18(3-2-4-22(15)34-11-12-39-28(34)27(31)37)19-9-10-20(26(30)36)25-24(19)21(13-32-25)33-23(35)14-38-17-7-5-16(29)6-8-17/h2-13,28,32H,14H2,1H3,(H2,30,36)(H2,31,37)(H,33,35). The van der Waals surface area contributed by atoms with Crippen LogP contribution >= 0.6 is 11.8 Å². The lowest BCUT2D eigenvalue weighted by atomic mass is 9.94. The molecule has 3 aromatic carbocycles. The second kappa shape index (κ2) is 10.5. The lowest BCUT2D eigenvalue weighted by molar-refractivity contribution is -0.118. The van der Waals surface area contributed by atoms with Crippen molar-refractivity contribution < 1.29 is 23.5 Å². The summed E-state index contributed by atoms with van der Waals surface area (Å²) in [5, 5.41) is 4.65. The predicted octanol–water partition coefficient (Wildman–Crippen LogP) is 4.23. The van der Waals surface area contributed by atoms with Crippen LogP contribution in [0.1, 0.15) is 15.9 Å². The Morgan fingerprint density at radius 3 is 2.56 bits per heavy atom. The molecule has 198 valence electrons. The number of ether oxygens (including phenoxy) is 1. The molecule has 2 heterocycles. The molecule has 0 fully saturated rings. The van der Waals surface area contributed by atoms with Crippen LogP contribution in [0.2, 0.25) is 0 Å². The number of H-pyrrole nitrogens is 1. The van der Waals surface area contributed by atoms with Crippen LogP contribution in [0.3, 0.4) is 0 Å². The number of benzene rings is 3. The lowest BCUT2D eigenvalue weighted by Crippen LogP contribution is -2.37. The number of nitrogens with two attached hydrogens (primary N) is 2. The summed E-state index contributed by atoms with van der Waals surface area (Å²) in [6.07, 6.45) is 3.39. The molecule has 0 spiro atoms.